The maximum Gasteiger partial charge on any atom is 0.127 e. The number of nitrogens with two attached hydrogens (primary N) is 1. The predicted molar refractivity (Wildman–Crippen MR) is 62.3 cm³/mol. The highest BCUT2D eigenvalue weighted by Crippen LogP contribution is 2.36. The van der Waals surface area contributed by atoms with Gasteiger partial charge in [0.25, 0.3) is 0 Å². The van der Waals surface area contributed by atoms with Gasteiger partial charge in [0.2, 0.25) is 0 Å². The van der Waals surface area contributed by atoms with Gasteiger partial charge in [0.15, 0.2) is 0 Å². The Balaban J connectivity index is 2.63. The Labute approximate surface area is 91.4 Å². The minimum Gasteiger partial charge on any atom is -0.493 e. The number of benzene rings is 1. The molecule has 82 valence electrons. The second-order valence-electron chi connectivity index (χ2n) is 4.48. The van der Waals surface area contributed by atoms with Crippen LogP contribution in [0.5, 0.6) is 5.75 Å². The van der Waals surface area contributed by atoms with Gasteiger partial charge >= 0.3 is 0 Å². The van der Waals surface area contributed by atoms with Gasteiger partial charge in [-0.25, -0.2) is 0 Å². The van der Waals surface area contributed by atoms with Gasteiger partial charge in [-0.2, -0.15) is 0 Å². The van der Waals surface area contributed by atoms with Crippen LogP contribution in [0.1, 0.15) is 41.1 Å². The van der Waals surface area contributed by atoms with Crippen molar-refractivity contribution in [3.8, 4) is 5.75 Å². The Morgan fingerprint density at radius 3 is 2.73 bits per heavy atom. The van der Waals surface area contributed by atoms with Crippen molar-refractivity contribution in [2.24, 2.45) is 5.73 Å². The Morgan fingerprint density at radius 1 is 1.27 bits per heavy atom. The van der Waals surface area contributed by atoms with Gasteiger partial charge in [0.1, 0.15) is 5.75 Å². The molecule has 15 heavy (non-hydrogen) atoms. The third kappa shape index (κ3) is 1.74. The first kappa shape index (κ1) is 10.5. The van der Waals surface area contributed by atoms with E-state index in [4.69, 9.17) is 10.5 Å². The summed E-state index contributed by atoms with van der Waals surface area (Å²) in [6.07, 6.45) is 2.07. The normalized spacial score (nSPS) is 20.4. The van der Waals surface area contributed by atoms with Crippen molar-refractivity contribution in [2.45, 2.75) is 39.7 Å². The molecule has 1 aliphatic heterocycles. The highest BCUT2D eigenvalue weighted by atomic mass is 16.5. The first-order chi connectivity index (χ1) is 7.11. The zero-order chi connectivity index (χ0) is 11.0. The van der Waals surface area contributed by atoms with Gasteiger partial charge in [0.05, 0.1) is 6.61 Å². The summed E-state index contributed by atoms with van der Waals surface area (Å²) in [7, 11) is 0. The molecule has 0 radical (unpaired) electrons. The van der Waals surface area contributed by atoms with Gasteiger partial charge in [0, 0.05) is 11.6 Å². The zero-order valence-electron chi connectivity index (χ0n) is 9.76. The van der Waals surface area contributed by atoms with Gasteiger partial charge in [-0.3, -0.25) is 0 Å². The van der Waals surface area contributed by atoms with E-state index in [0.29, 0.717) is 0 Å². The van der Waals surface area contributed by atoms with E-state index in [1.165, 1.54) is 22.3 Å². The molecule has 1 aromatic rings. The molecule has 0 amide bonds. The van der Waals surface area contributed by atoms with Crippen LogP contribution in [0.25, 0.3) is 0 Å². The summed E-state index contributed by atoms with van der Waals surface area (Å²) >= 11 is 0. The minimum atomic E-state index is 0.141. The Morgan fingerprint density at radius 2 is 2.00 bits per heavy atom. The lowest BCUT2D eigenvalue weighted by atomic mass is 9.93. The molecule has 1 atom stereocenters. The van der Waals surface area contributed by atoms with Gasteiger partial charge < -0.3 is 10.5 Å². The van der Waals surface area contributed by atoms with Crippen molar-refractivity contribution in [1.29, 1.82) is 0 Å². The van der Waals surface area contributed by atoms with Crippen LogP contribution in [0.4, 0.5) is 0 Å². The summed E-state index contributed by atoms with van der Waals surface area (Å²) in [5, 5.41) is 0. The molecule has 0 bridgehead atoms. The van der Waals surface area contributed by atoms with Crippen LogP contribution < -0.4 is 10.5 Å². The quantitative estimate of drug-likeness (QED) is 0.707. The summed E-state index contributed by atoms with van der Waals surface area (Å²) in [5.41, 5.74) is 11.2. The molecule has 0 saturated carbocycles. The van der Waals surface area contributed by atoms with Crippen LogP contribution in [-0.4, -0.2) is 6.61 Å². The van der Waals surface area contributed by atoms with Crippen molar-refractivity contribution >= 4 is 0 Å². The van der Waals surface area contributed by atoms with Crippen molar-refractivity contribution < 1.29 is 4.74 Å². The fraction of sp³-hybridized carbons (Fsp3) is 0.538. The third-order valence-corrected chi connectivity index (χ3v) is 3.31. The van der Waals surface area contributed by atoms with Crippen LogP contribution in [0.15, 0.2) is 6.07 Å². The van der Waals surface area contributed by atoms with Crippen LogP contribution in [-0.2, 0) is 0 Å². The van der Waals surface area contributed by atoms with Gasteiger partial charge in [-0.05, 0) is 50.3 Å². The van der Waals surface area contributed by atoms with Gasteiger partial charge in [-0.15, -0.1) is 0 Å². The van der Waals surface area contributed by atoms with Crippen LogP contribution in [0, 0.1) is 20.8 Å². The lowest BCUT2D eigenvalue weighted by Crippen LogP contribution is -2.11. The number of ether oxygens (including phenoxy) is 1. The van der Waals surface area contributed by atoms with E-state index < -0.39 is 0 Å². The third-order valence-electron chi connectivity index (χ3n) is 3.31. The summed E-state index contributed by atoms with van der Waals surface area (Å²) in [6.45, 7) is 7.16. The maximum atomic E-state index is 6.19. The number of rotatable bonds is 0. The highest BCUT2D eigenvalue weighted by molar-refractivity contribution is 5.51. The van der Waals surface area contributed by atoms with Crippen LogP contribution in [0.2, 0.25) is 0 Å². The summed E-state index contributed by atoms with van der Waals surface area (Å²) in [6, 6.07) is 2.35. The topological polar surface area (TPSA) is 35.2 Å². The van der Waals surface area contributed by atoms with Crippen molar-refractivity contribution in [3.05, 3.63) is 28.3 Å². The summed E-state index contributed by atoms with van der Waals surface area (Å²) in [5.74, 6) is 1.04. The molecule has 2 nitrogen and oxygen atoms in total. The van der Waals surface area contributed by atoms with Crippen LogP contribution in [0.3, 0.4) is 0 Å². The van der Waals surface area contributed by atoms with E-state index in [9.17, 15) is 0 Å². The maximum absolute atomic E-state index is 6.19. The molecule has 0 saturated heterocycles. The minimum absolute atomic E-state index is 0.141. The summed E-state index contributed by atoms with van der Waals surface area (Å²) < 4.78 is 5.83. The second kappa shape index (κ2) is 3.86. The van der Waals surface area contributed by atoms with E-state index in [0.717, 1.165) is 25.2 Å². The SMILES string of the molecule is Cc1cc(C)c2c(c1C)OCCC[C@H]2N. The fourth-order valence-electron chi connectivity index (χ4n) is 2.34. The molecule has 2 heteroatoms. The Hall–Kier alpha value is -1.02. The molecule has 0 unspecified atom stereocenters. The van der Waals surface area contributed by atoms with Crippen molar-refractivity contribution in [3.63, 3.8) is 0 Å². The smallest absolute Gasteiger partial charge is 0.127 e. The summed E-state index contributed by atoms with van der Waals surface area (Å²) in [4.78, 5) is 0. The molecule has 1 aromatic carbocycles. The van der Waals surface area contributed by atoms with Crippen LogP contribution >= 0.6 is 0 Å². The lowest BCUT2D eigenvalue weighted by molar-refractivity contribution is 0.314. The van der Waals surface area contributed by atoms with E-state index in [-0.39, 0.29) is 6.04 Å². The van der Waals surface area contributed by atoms with E-state index in [2.05, 4.69) is 26.8 Å². The number of aryl methyl sites for hydroxylation is 2. The largest absolute Gasteiger partial charge is 0.493 e. The Bertz CT molecular complexity index is 385. The van der Waals surface area contributed by atoms with Crippen molar-refractivity contribution in [2.75, 3.05) is 6.61 Å². The van der Waals surface area contributed by atoms with E-state index >= 15 is 0 Å². The monoisotopic (exact) mass is 205 g/mol. The molecule has 0 aliphatic carbocycles. The first-order valence-electron chi connectivity index (χ1n) is 5.60. The predicted octanol–water partition coefficient (Wildman–Crippen LogP) is 2.78. The molecule has 2 rings (SSSR count). The molecule has 0 aromatic heterocycles. The van der Waals surface area contributed by atoms with Gasteiger partial charge in [-0.1, -0.05) is 6.07 Å². The average molecular weight is 205 g/mol. The molecular formula is C13H19NO. The molecule has 0 spiro atoms. The van der Waals surface area contributed by atoms with Crippen molar-refractivity contribution in [1.82, 2.24) is 0 Å². The molecule has 2 N–H and O–H groups in total. The standard InChI is InChI=1S/C13H19NO/c1-8-7-9(2)12-11(14)5-4-6-15-13(12)10(8)3/h7,11H,4-6,14H2,1-3H3/t11-/m1/s1. The lowest BCUT2D eigenvalue weighted by Gasteiger charge is -2.18. The Kier molecular flexibility index (Phi) is 2.70. The molecular weight excluding hydrogens is 186 g/mol. The second-order valence-corrected chi connectivity index (χ2v) is 4.48. The number of fused-ring (bicyclic) bond motifs is 1. The highest BCUT2D eigenvalue weighted by Gasteiger charge is 2.21. The average Bonchev–Trinajstić information content (AvgIpc) is 2.37. The van der Waals surface area contributed by atoms with E-state index in [1.54, 1.807) is 0 Å². The first-order valence-corrected chi connectivity index (χ1v) is 5.60. The van der Waals surface area contributed by atoms with E-state index in [1.807, 2.05) is 0 Å². The number of hydrogen-bond acceptors (Lipinski definition) is 2. The fourth-order valence-corrected chi connectivity index (χ4v) is 2.34. The molecule has 1 heterocycles. The zero-order valence-corrected chi connectivity index (χ0v) is 9.76. The molecule has 0 fully saturated rings. The molecule has 1 aliphatic rings. The number of hydrogen-bond donors (Lipinski definition) is 1.